The van der Waals surface area contributed by atoms with Crippen molar-refractivity contribution in [3.63, 3.8) is 0 Å². The second kappa shape index (κ2) is 13.1. The number of ether oxygens (including phenoxy) is 1. The van der Waals surface area contributed by atoms with Crippen LogP contribution in [0.25, 0.3) is 16.9 Å². The first-order valence-electron chi connectivity index (χ1n) is 13.8. The summed E-state index contributed by atoms with van der Waals surface area (Å²) in [7, 11) is 1.54. The predicted octanol–water partition coefficient (Wildman–Crippen LogP) is 0.407. The number of rotatable bonds is 10. The van der Waals surface area contributed by atoms with Crippen molar-refractivity contribution in [2.24, 2.45) is 0 Å². The van der Waals surface area contributed by atoms with Crippen LogP contribution in [0.4, 0.5) is 20.5 Å². The number of anilines is 2. The van der Waals surface area contributed by atoms with Gasteiger partial charge in [0.2, 0.25) is 23.7 Å². The minimum absolute atomic E-state index is 0.0318. The standard InChI is InChI=1S/C26H33F2N11O4/c1-3-20(41)35(2)15-21(42)36-6-4-17(5-7-36)32-19(40)13-29-23-22-24(34-26(33-23)37-8-10-43-11-9-37)38(16-30-22)18-12-31-39(14-18)25(27)28/h3,12,14,16-17,25H,1,4-11,13,15H2,2H3,(H,32,40)(H,29,33,34). The van der Waals surface area contributed by atoms with Gasteiger partial charge in [0.1, 0.15) is 6.33 Å². The summed E-state index contributed by atoms with van der Waals surface area (Å²) in [6.07, 6.45) is 6.25. The molecule has 5 heterocycles. The van der Waals surface area contributed by atoms with E-state index in [2.05, 4.69) is 37.3 Å². The Labute approximate surface area is 245 Å². The first-order chi connectivity index (χ1) is 20.7. The molecule has 2 fully saturated rings. The Morgan fingerprint density at radius 3 is 2.60 bits per heavy atom. The van der Waals surface area contributed by atoms with Gasteiger partial charge in [-0.25, -0.2) is 9.67 Å². The topological polar surface area (TPSA) is 156 Å². The predicted molar refractivity (Wildman–Crippen MR) is 151 cm³/mol. The summed E-state index contributed by atoms with van der Waals surface area (Å²) in [5, 5.41) is 9.76. The highest BCUT2D eigenvalue weighted by Gasteiger charge is 2.26. The zero-order chi connectivity index (χ0) is 30.5. The smallest absolute Gasteiger partial charge is 0.333 e. The quantitative estimate of drug-likeness (QED) is 0.312. The number of imidazole rings is 1. The van der Waals surface area contributed by atoms with Crippen molar-refractivity contribution in [2.45, 2.75) is 25.4 Å². The van der Waals surface area contributed by atoms with E-state index in [-0.39, 0.29) is 36.9 Å². The minimum atomic E-state index is -2.79. The third-order valence-electron chi connectivity index (χ3n) is 7.30. The molecule has 3 aromatic heterocycles. The average Bonchev–Trinajstić information content (AvgIpc) is 3.68. The molecule has 2 aliphatic rings. The van der Waals surface area contributed by atoms with Crippen LogP contribution >= 0.6 is 0 Å². The molecule has 0 radical (unpaired) electrons. The second-order valence-electron chi connectivity index (χ2n) is 10.2. The number of likely N-dealkylation sites (N-methyl/N-ethyl adjacent to an activating group) is 1. The second-order valence-corrected chi connectivity index (χ2v) is 10.2. The highest BCUT2D eigenvalue weighted by atomic mass is 19.3. The maximum absolute atomic E-state index is 13.1. The van der Waals surface area contributed by atoms with E-state index < -0.39 is 6.55 Å². The van der Waals surface area contributed by atoms with E-state index in [1.165, 1.54) is 28.2 Å². The largest absolute Gasteiger partial charge is 0.378 e. The van der Waals surface area contributed by atoms with Crippen molar-refractivity contribution >= 4 is 40.7 Å². The lowest BCUT2D eigenvalue weighted by Crippen LogP contribution is -2.49. The molecule has 0 aliphatic carbocycles. The van der Waals surface area contributed by atoms with E-state index in [4.69, 9.17) is 4.74 Å². The number of hydrogen-bond donors (Lipinski definition) is 2. The zero-order valence-electron chi connectivity index (χ0n) is 23.7. The molecular formula is C26H33F2N11O4. The van der Waals surface area contributed by atoms with Gasteiger partial charge in [-0.2, -0.15) is 23.8 Å². The van der Waals surface area contributed by atoms with Crippen molar-refractivity contribution in [1.29, 1.82) is 0 Å². The lowest BCUT2D eigenvalue weighted by molar-refractivity contribution is -0.138. The summed E-state index contributed by atoms with van der Waals surface area (Å²) < 4.78 is 33.8. The number of aromatic nitrogens is 6. The van der Waals surface area contributed by atoms with Gasteiger partial charge in [0.15, 0.2) is 17.0 Å². The maximum Gasteiger partial charge on any atom is 0.333 e. The number of halogens is 2. The Morgan fingerprint density at radius 1 is 1.19 bits per heavy atom. The lowest BCUT2D eigenvalue weighted by atomic mass is 10.0. The molecule has 2 N–H and O–H groups in total. The number of carbonyl (C=O) groups is 3. The Bertz CT molecular complexity index is 1480. The monoisotopic (exact) mass is 601 g/mol. The minimum Gasteiger partial charge on any atom is -0.378 e. The molecule has 5 rings (SSSR count). The van der Waals surface area contributed by atoms with Crippen LogP contribution in [0.15, 0.2) is 31.4 Å². The summed E-state index contributed by atoms with van der Waals surface area (Å²) >= 11 is 0. The highest BCUT2D eigenvalue weighted by Crippen LogP contribution is 2.26. The van der Waals surface area contributed by atoms with E-state index in [1.54, 1.807) is 11.9 Å². The Balaban J connectivity index is 1.24. The van der Waals surface area contributed by atoms with Gasteiger partial charge in [-0.3, -0.25) is 19.0 Å². The third-order valence-corrected chi connectivity index (χ3v) is 7.30. The molecule has 3 amide bonds. The van der Waals surface area contributed by atoms with Crippen molar-refractivity contribution in [1.82, 2.24) is 44.4 Å². The van der Waals surface area contributed by atoms with E-state index in [1.807, 2.05) is 4.90 Å². The van der Waals surface area contributed by atoms with Crippen LogP contribution in [0, 0.1) is 0 Å². The highest BCUT2D eigenvalue weighted by molar-refractivity contribution is 5.91. The van der Waals surface area contributed by atoms with Crippen molar-refractivity contribution < 1.29 is 27.9 Å². The van der Waals surface area contributed by atoms with Crippen LogP contribution in [-0.4, -0.2) is 122 Å². The zero-order valence-corrected chi connectivity index (χ0v) is 23.7. The molecule has 0 saturated carbocycles. The molecule has 43 heavy (non-hydrogen) atoms. The number of fused-ring (bicyclic) bond motifs is 1. The van der Waals surface area contributed by atoms with Gasteiger partial charge < -0.3 is 30.1 Å². The summed E-state index contributed by atoms with van der Waals surface area (Å²) in [6, 6.07) is -0.120. The molecule has 0 atom stereocenters. The van der Waals surface area contributed by atoms with Crippen LogP contribution in [0.2, 0.25) is 0 Å². The number of likely N-dealkylation sites (tertiary alicyclic amines) is 1. The third kappa shape index (κ3) is 6.87. The maximum atomic E-state index is 13.1. The number of piperidine rings is 1. The van der Waals surface area contributed by atoms with Gasteiger partial charge in [-0.15, -0.1) is 0 Å². The fourth-order valence-corrected chi connectivity index (χ4v) is 4.92. The Kier molecular flexibility index (Phi) is 9.08. The normalized spacial score (nSPS) is 16.0. The fourth-order valence-electron chi connectivity index (χ4n) is 4.92. The molecule has 2 aliphatic heterocycles. The van der Waals surface area contributed by atoms with Crippen LogP contribution in [0.3, 0.4) is 0 Å². The summed E-state index contributed by atoms with van der Waals surface area (Å²) in [5.41, 5.74) is 1.08. The molecule has 2 saturated heterocycles. The molecule has 15 nitrogen and oxygen atoms in total. The molecule has 0 aromatic carbocycles. The van der Waals surface area contributed by atoms with Gasteiger partial charge in [-0.05, 0) is 18.9 Å². The van der Waals surface area contributed by atoms with E-state index >= 15 is 0 Å². The Hall–Kier alpha value is -4.67. The SMILES string of the molecule is C=CC(=O)N(C)CC(=O)N1CCC(NC(=O)CNc2nc(N3CCOCC3)nc3c2ncn3-c2cnn(C(F)F)c2)CC1. The van der Waals surface area contributed by atoms with E-state index in [9.17, 15) is 23.2 Å². The molecule has 17 heteroatoms. The number of nitrogens with zero attached hydrogens (tertiary/aromatic N) is 9. The number of carbonyl (C=O) groups excluding carboxylic acids is 3. The van der Waals surface area contributed by atoms with E-state index in [0.717, 1.165) is 6.08 Å². The number of nitrogens with one attached hydrogen (secondary N) is 2. The lowest BCUT2D eigenvalue weighted by Gasteiger charge is -2.33. The van der Waals surface area contributed by atoms with Gasteiger partial charge in [0.05, 0.1) is 44.4 Å². The molecule has 0 bridgehead atoms. The molecule has 3 aromatic rings. The average molecular weight is 602 g/mol. The van der Waals surface area contributed by atoms with Gasteiger partial charge in [-0.1, -0.05) is 6.58 Å². The molecule has 0 unspecified atom stereocenters. The van der Waals surface area contributed by atoms with Gasteiger partial charge in [0.25, 0.3) is 0 Å². The van der Waals surface area contributed by atoms with Crippen LogP contribution in [-0.2, 0) is 19.1 Å². The fraction of sp³-hybridized carbons (Fsp3) is 0.500. The van der Waals surface area contributed by atoms with Gasteiger partial charge >= 0.3 is 6.55 Å². The summed E-state index contributed by atoms with van der Waals surface area (Å²) in [4.78, 5) is 55.7. The van der Waals surface area contributed by atoms with Crippen LogP contribution in [0.5, 0.6) is 0 Å². The van der Waals surface area contributed by atoms with E-state index in [0.29, 0.717) is 85.5 Å². The number of alkyl halides is 2. The molecule has 0 spiro atoms. The number of hydrogen-bond acceptors (Lipinski definition) is 10. The first-order valence-corrected chi connectivity index (χ1v) is 13.8. The molecular weight excluding hydrogens is 568 g/mol. The van der Waals surface area contributed by atoms with Crippen molar-refractivity contribution in [3.8, 4) is 5.69 Å². The van der Waals surface area contributed by atoms with Crippen LogP contribution in [0.1, 0.15) is 19.4 Å². The summed E-state index contributed by atoms with van der Waals surface area (Å²) in [5.74, 6) is -0.0394. The van der Waals surface area contributed by atoms with Crippen molar-refractivity contribution in [2.75, 3.05) is 69.7 Å². The Morgan fingerprint density at radius 2 is 1.93 bits per heavy atom. The molecule has 230 valence electrons. The number of morpholine rings is 1. The van der Waals surface area contributed by atoms with Gasteiger partial charge in [0, 0.05) is 39.3 Å². The van der Waals surface area contributed by atoms with Crippen molar-refractivity contribution in [3.05, 3.63) is 31.4 Å². The van der Waals surface area contributed by atoms with Crippen LogP contribution < -0.4 is 15.5 Å². The summed E-state index contributed by atoms with van der Waals surface area (Å²) in [6.45, 7) is 3.55. The first kappa shape index (κ1) is 29.8. The number of amides is 3.